The van der Waals surface area contributed by atoms with Gasteiger partial charge in [-0.25, -0.2) is 4.79 Å². The van der Waals surface area contributed by atoms with E-state index in [9.17, 15) is 42.6 Å². The zero-order chi connectivity index (χ0) is 28.0. The minimum absolute atomic E-state index is 0.0681. The van der Waals surface area contributed by atoms with Crippen LogP contribution in [-0.2, 0) is 25.6 Å². The highest BCUT2D eigenvalue weighted by atomic mass is 19.4. The van der Waals surface area contributed by atoms with Crippen LogP contribution in [0.1, 0.15) is 44.1 Å². The van der Waals surface area contributed by atoms with Crippen LogP contribution in [0.3, 0.4) is 0 Å². The lowest BCUT2D eigenvalue weighted by molar-refractivity contribution is -0.173. The number of hydrogen-bond acceptors (Lipinski definition) is 7. The first-order valence-electron chi connectivity index (χ1n) is 11.6. The Kier molecular flexibility index (Phi) is 13.0. The molecule has 0 aromatic heterocycles. The fourth-order valence-corrected chi connectivity index (χ4v) is 4.02. The normalized spacial score (nSPS) is 16.7. The maximum atomic E-state index is 13.2. The third-order valence-electron chi connectivity index (χ3n) is 5.85. The number of hydrogen-bond donors (Lipinski definition) is 4. The highest BCUT2D eigenvalue weighted by Gasteiger charge is 2.39. The first kappa shape index (κ1) is 31.3. The Balaban J connectivity index is 0.00000334. The molecule has 0 saturated carbocycles. The van der Waals surface area contributed by atoms with Gasteiger partial charge in [0.05, 0.1) is 6.04 Å². The Bertz CT molecular complexity index is 928. The second kappa shape index (κ2) is 15.4. The Morgan fingerprint density at radius 3 is 2.24 bits per heavy atom. The van der Waals surface area contributed by atoms with Crippen molar-refractivity contribution in [1.82, 2.24) is 15.5 Å². The molecule has 1 aliphatic rings. The molecule has 2 amide bonds. The van der Waals surface area contributed by atoms with E-state index in [4.69, 9.17) is 10.8 Å². The van der Waals surface area contributed by atoms with Crippen molar-refractivity contribution in [3.05, 3.63) is 35.9 Å². The summed E-state index contributed by atoms with van der Waals surface area (Å²) in [6.45, 7) is -0.0472. The molecule has 4 N–H and O–H groups in total. The van der Waals surface area contributed by atoms with Crippen LogP contribution in [0.15, 0.2) is 30.3 Å². The van der Waals surface area contributed by atoms with Crippen molar-refractivity contribution in [2.45, 2.75) is 69.2 Å². The average molecular weight is 530 g/mol. The fraction of sp³-hybridized carbons (Fsp3) is 0.565. The molecule has 3 atom stereocenters. The molecule has 1 fully saturated rings. The van der Waals surface area contributed by atoms with Gasteiger partial charge >= 0.3 is 24.0 Å². The third kappa shape index (κ3) is 10.4. The summed E-state index contributed by atoms with van der Waals surface area (Å²) in [5, 5.41) is 35.7. The summed E-state index contributed by atoms with van der Waals surface area (Å²) in [7, 11) is 0. The SMILES string of the molecule is N#N.O=C(O)C(CCc1ccccc1)N[C@@H](CCCCNC(=O)C(F)(F)F)C(=O)N1CCC[C@H]1C(=O)O. The molecule has 1 saturated heterocycles. The molecule has 1 aromatic carbocycles. The number of aliphatic carboxylic acids is 2. The van der Waals surface area contributed by atoms with Gasteiger partial charge in [0.25, 0.3) is 0 Å². The van der Waals surface area contributed by atoms with Gasteiger partial charge in [0, 0.05) is 23.9 Å². The van der Waals surface area contributed by atoms with Crippen LogP contribution >= 0.6 is 0 Å². The highest BCUT2D eigenvalue weighted by molar-refractivity contribution is 5.88. The Morgan fingerprint density at radius 1 is 1.03 bits per heavy atom. The number of rotatable bonds is 13. The monoisotopic (exact) mass is 529 g/mol. The summed E-state index contributed by atoms with van der Waals surface area (Å²) in [4.78, 5) is 48.7. The van der Waals surface area contributed by atoms with Gasteiger partial charge in [-0.2, -0.15) is 13.2 Å². The second-order valence-electron chi connectivity index (χ2n) is 8.41. The number of carboxylic acid groups (broad SMARTS) is 2. The third-order valence-corrected chi connectivity index (χ3v) is 5.85. The molecule has 1 aromatic rings. The van der Waals surface area contributed by atoms with E-state index in [0.29, 0.717) is 12.8 Å². The summed E-state index contributed by atoms with van der Waals surface area (Å²) in [5.41, 5.74) is 0.911. The second-order valence-corrected chi connectivity index (χ2v) is 8.41. The molecule has 2 rings (SSSR count). The molecule has 0 spiro atoms. The maximum absolute atomic E-state index is 13.2. The van der Waals surface area contributed by atoms with E-state index in [1.54, 1.807) is 5.32 Å². The lowest BCUT2D eigenvalue weighted by atomic mass is 10.0. The summed E-state index contributed by atoms with van der Waals surface area (Å²) >= 11 is 0. The Morgan fingerprint density at radius 2 is 1.68 bits per heavy atom. The number of halogens is 3. The maximum Gasteiger partial charge on any atom is 0.471 e. The van der Waals surface area contributed by atoms with Crippen LogP contribution in [0.5, 0.6) is 0 Å². The molecule has 11 nitrogen and oxygen atoms in total. The lowest BCUT2D eigenvalue weighted by Gasteiger charge is -2.29. The number of aryl methyl sites for hydroxylation is 1. The summed E-state index contributed by atoms with van der Waals surface area (Å²) in [6, 6.07) is 6.02. The molecule has 0 radical (unpaired) electrons. The molecule has 0 bridgehead atoms. The van der Waals surface area contributed by atoms with Crippen LogP contribution in [-0.4, -0.2) is 76.3 Å². The minimum Gasteiger partial charge on any atom is -0.480 e. The van der Waals surface area contributed by atoms with Gasteiger partial charge in [-0.15, -0.1) is 0 Å². The molecular formula is C23H30F3N5O6. The molecule has 14 heteroatoms. The quantitative estimate of drug-likeness (QED) is 0.219. The van der Waals surface area contributed by atoms with Crippen molar-refractivity contribution in [2.24, 2.45) is 0 Å². The largest absolute Gasteiger partial charge is 0.480 e. The molecular weight excluding hydrogens is 499 g/mol. The standard InChI is InChI=1S/C23H30F3N3O6.N2/c24-23(25,26)22(35)27-13-5-4-9-16(19(30)29-14-6-10-18(29)21(33)34)28-17(20(31)32)12-11-15-7-2-1-3-8-15;1-2/h1-3,7-8,16-18,28H,4-6,9-14H2,(H,27,35)(H,31,32)(H,33,34);/t16-,17?,18-;/m0./s1. The molecule has 204 valence electrons. The lowest BCUT2D eigenvalue weighted by Crippen LogP contribution is -2.54. The van der Waals surface area contributed by atoms with Crippen molar-refractivity contribution in [3.63, 3.8) is 0 Å². The van der Waals surface area contributed by atoms with E-state index >= 15 is 0 Å². The van der Waals surface area contributed by atoms with E-state index in [1.807, 2.05) is 30.3 Å². The first-order chi connectivity index (χ1) is 17.5. The number of unbranched alkanes of at least 4 members (excludes halogenated alkanes) is 1. The zero-order valence-electron chi connectivity index (χ0n) is 20.0. The number of likely N-dealkylation sites (tertiary alicyclic amines) is 1. The molecule has 1 heterocycles. The summed E-state index contributed by atoms with van der Waals surface area (Å²) < 4.78 is 36.9. The number of carbonyl (C=O) groups is 4. The topological polar surface area (TPSA) is 184 Å². The number of nitrogens with zero attached hydrogens (tertiary/aromatic N) is 3. The van der Waals surface area contributed by atoms with Gasteiger partial charge in [-0.1, -0.05) is 30.3 Å². The van der Waals surface area contributed by atoms with Crippen molar-refractivity contribution >= 4 is 23.8 Å². The summed E-state index contributed by atoms with van der Waals surface area (Å²) in [6.07, 6.45) is -3.21. The number of carbonyl (C=O) groups excluding carboxylic acids is 2. The van der Waals surface area contributed by atoms with Gasteiger partial charge < -0.3 is 20.4 Å². The zero-order valence-corrected chi connectivity index (χ0v) is 20.0. The number of benzene rings is 1. The van der Waals surface area contributed by atoms with Gasteiger partial charge in [-0.3, -0.25) is 19.7 Å². The van der Waals surface area contributed by atoms with Gasteiger partial charge in [0.1, 0.15) is 12.1 Å². The van der Waals surface area contributed by atoms with E-state index < -0.39 is 48.1 Å². The van der Waals surface area contributed by atoms with Gasteiger partial charge in [0.15, 0.2) is 0 Å². The first-order valence-corrected chi connectivity index (χ1v) is 11.6. The van der Waals surface area contributed by atoms with Crippen molar-refractivity contribution < 1.29 is 42.6 Å². The van der Waals surface area contributed by atoms with E-state index in [0.717, 1.165) is 5.56 Å². The fourth-order valence-electron chi connectivity index (χ4n) is 4.02. The van der Waals surface area contributed by atoms with E-state index in [2.05, 4.69) is 5.32 Å². The number of amides is 2. The molecule has 1 unspecified atom stereocenters. The highest BCUT2D eigenvalue weighted by Crippen LogP contribution is 2.21. The Labute approximate surface area is 211 Å². The van der Waals surface area contributed by atoms with Crippen molar-refractivity contribution in [2.75, 3.05) is 13.1 Å². The van der Waals surface area contributed by atoms with Crippen molar-refractivity contribution in [3.8, 4) is 0 Å². The molecule has 0 aliphatic carbocycles. The van der Waals surface area contributed by atoms with Crippen LogP contribution in [0.4, 0.5) is 13.2 Å². The van der Waals surface area contributed by atoms with Crippen molar-refractivity contribution in [1.29, 1.82) is 10.8 Å². The van der Waals surface area contributed by atoms with E-state index in [1.165, 1.54) is 4.90 Å². The number of carboxylic acids is 2. The average Bonchev–Trinajstić information content (AvgIpc) is 3.36. The van der Waals surface area contributed by atoms with Gasteiger partial charge in [0.2, 0.25) is 5.91 Å². The minimum atomic E-state index is -4.99. The number of nitrogens with one attached hydrogen (secondary N) is 2. The van der Waals surface area contributed by atoms with Crippen LogP contribution in [0, 0.1) is 10.8 Å². The smallest absolute Gasteiger partial charge is 0.471 e. The van der Waals surface area contributed by atoms with Gasteiger partial charge in [-0.05, 0) is 50.5 Å². The molecule has 37 heavy (non-hydrogen) atoms. The predicted molar refractivity (Wildman–Crippen MR) is 122 cm³/mol. The van der Waals surface area contributed by atoms with Crippen LogP contribution in [0.25, 0.3) is 0 Å². The Hall–Kier alpha value is -3.73. The van der Waals surface area contributed by atoms with E-state index in [-0.39, 0.29) is 45.2 Å². The number of alkyl halides is 3. The van der Waals surface area contributed by atoms with Crippen LogP contribution < -0.4 is 10.6 Å². The van der Waals surface area contributed by atoms with Crippen LogP contribution in [0.2, 0.25) is 0 Å². The predicted octanol–water partition coefficient (Wildman–Crippen LogP) is 1.99. The molecule has 1 aliphatic heterocycles. The summed E-state index contributed by atoms with van der Waals surface area (Å²) in [5.74, 6) is -4.94.